The van der Waals surface area contributed by atoms with Gasteiger partial charge in [0.2, 0.25) is 11.8 Å². The lowest BCUT2D eigenvalue weighted by Crippen LogP contribution is -2.55. The van der Waals surface area contributed by atoms with Gasteiger partial charge in [0.1, 0.15) is 17.8 Å². The molecule has 2 aliphatic heterocycles. The molecule has 1 N–H and O–H groups in total. The number of carbonyl (C=O) groups is 3. The Hall–Kier alpha value is -3.72. The molecule has 3 heterocycles. The molecule has 1 unspecified atom stereocenters. The molecule has 2 atom stereocenters. The van der Waals surface area contributed by atoms with Crippen LogP contribution in [0.4, 0.5) is 0 Å². The maximum atomic E-state index is 13.9. The normalized spacial score (nSPS) is 17.5. The first-order valence-corrected chi connectivity index (χ1v) is 14.2. The molecule has 2 aliphatic rings. The molecule has 0 saturated carbocycles. The minimum Gasteiger partial charge on any atom is -0.496 e. The number of ether oxygens (including phenoxy) is 1. The topological polar surface area (TPSA) is 91.8 Å². The number of fused-ring (bicyclic) bond motifs is 1. The van der Waals surface area contributed by atoms with Gasteiger partial charge in [0.05, 0.1) is 28.8 Å². The van der Waals surface area contributed by atoms with E-state index in [0.717, 1.165) is 33.7 Å². The zero-order chi connectivity index (χ0) is 27.7. The second kappa shape index (κ2) is 11.2. The van der Waals surface area contributed by atoms with Crippen molar-refractivity contribution < 1.29 is 19.1 Å². The molecule has 0 spiro atoms. The number of methoxy groups -OCH3 is 1. The SMILES string of the molecule is COc1cccc2c1C(=O)N(C(C(=O)N1CCC[C@H]1C(=O)NCc1ccc(-c3scnc3C)cc1)C(C)C)C2. The second-order valence-electron chi connectivity index (χ2n) is 10.5. The maximum Gasteiger partial charge on any atom is 0.258 e. The van der Waals surface area contributed by atoms with Gasteiger partial charge in [0.25, 0.3) is 5.91 Å². The number of aromatic nitrogens is 1. The molecule has 1 fully saturated rings. The van der Waals surface area contributed by atoms with Crippen LogP contribution in [0.1, 0.15) is 53.9 Å². The molecule has 1 aromatic heterocycles. The molecule has 204 valence electrons. The summed E-state index contributed by atoms with van der Waals surface area (Å²) in [6.07, 6.45) is 1.35. The predicted octanol–water partition coefficient (Wildman–Crippen LogP) is 4.41. The van der Waals surface area contributed by atoms with E-state index in [1.165, 1.54) is 0 Å². The van der Waals surface area contributed by atoms with Crippen LogP contribution in [-0.4, -0.2) is 58.2 Å². The van der Waals surface area contributed by atoms with Crippen molar-refractivity contribution >= 4 is 29.1 Å². The van der Waals surface area contributed by atoms with Gasteiger partial charge in [-0.05, 0) is 48.4 Å². The van der Waals surface area contributed by atoms with Crippen LogP contribution in [0.2, 0.25) is 0 Å². The largest absolute Gasteiger partial charge is 0.496 e. The number of amides is 3. The van der Waals surface area contributed by atoms with E-state index in [0.29, 0.717) is 37.4 Å². The van der Waals surface area contributed by atoms with Crippen LogP contribution in [-0.2, 0) is 22.7 Å². The highest BCUT2D eigenvalue weighted by Crippen LogP contribution is 2.34. The van der Waals surface area contributed by atoms with Crippen molar-refractivity contribution in [2.75, 3.05) is 13.7 Å². The third kappa shape index (κ3) is 5.15. The molecular formula is C30H34N4O4S. The Labute approximate surface area is 233 Å². The molecule has 0 radical (unpaired) electrons. The Morgan fingerprint density at radius 3 is 2.62 bits per heavy atom. The average Bonchev–Trinajstić information content (AvgIpc) is 3.67. The van der Waals surface area contributed by atoms with Gasteiger partial charge in [-0.25, -0.2) is 4.98 Å². The van der Waals surface area contributed by atoms with Crippen LogP contribution in [0, 0.1) is 12.8 Å². The van der Waals surface area contributed by atoms with E-state index in [1.807, 2.05) is 62.7 Å². The fourth-order valence-corrected chi connectivity index (χ4v) is 6.47. The number of hydrogen-bond donors (Lipinski definition) is 1. The zero-order valence-electron chi connectivity index (χ0n) is 22.8. The summed E-state index contributed by atoms with van der Waals surface area (Å²) < 4.78 is 5.42. The highest BCUT2D eigenvalue weighted by atomic mass is 32.1. The quantitative estimate of drug-likeness (QED) is 0.452. The number of carbonyl (C=O) groups excluding carboxylic acids is 3. The molecule has 3 amide bonds. The third-order valence-corrected chi connectivity index (χ3v) is 8.61. The molecule has 0 aliphatic carbocycles. The number of rotatable bonds is 8. The lowest BCUT2D eigenvalue weighted by molar-refractivity contribution is -0.143. The molecule has 8 nitrogen and oxygen atoms in total. The third-order valence-electron chi connectivity index (χ3n) is 7.64. The fourth-order valence-electron chi connectivity index (χ4n) is 5.66. The van der Waals surface area contributed by atoms with E-state index < -0.39 is 12.1 Å². The Balaban J connectivity index is 1.26. The number of thiazole rings is 1. The highest BCUT2D eigenvalue weighted by Gasteiger charge is 2.44. The second-order valence-corrected chi connectivity index (χ2v) is 11.3. The summed E-state index contributed by atoms with van der Waals surface area (Å²) in [7, 11) is 1.54. The molecule has 9 heteroatoms. The van der Waals surface area contributed by atoms with Gasteiger partial charge in [0, 0.05) is 19.6 Å². The van der Waals surface area contributed by atoms with Gasteiger partial charge in [-0.3, -0.25) is 14.4 Å². The Kier molecular flexibility index (Phi) is 7.70. The van der Waals surface area contributed by atoms with Crippen LogP contribution in [0.25, 0.3) is 10.4 Å². The molecule has 39 heavy (non-hydrogen) atoms. The lowest BCUT2D eigenvalue weighted by Gasteiger charge is -2.35. The summed E-state index contributed by atoms with van der Waals surface area (Å²) in [5.41, 5.74) is 6.31. The lowest BCUT2D eigenvalue weighted by atomic mass is 10.0. The number of nitrogens with one attached hydrogen (secondary N) is 1. The minimum absolute atomic E-state index is 0.119. The smallest absolute Gasteiger partial charge is 0.258 e. The minimum atomic E-state index is -0.661. The van der Waals surface area contributed by atoms with Crippen LogP contribution in [0.3, 0.4) is 0 Å². The van der Waals surface area contributed by atoms with Gasteiger partial charge < -0.3 is 19.9 Å². The van der Waals surface area contributed by atoms with Crippen molar-refractivity contribution in [1.29, 1.82) is 0 Å². The summed E-state index contributed by atoms with van der Waals surface area (Å²) >= 11 is 1.61. The first-order chi connectivity index (χ1) is 18.8. The first-order valence-electron chi connectivity index (χ1n) is 13.3. The number of benzene rings is 2. The Morgan fingerprint density at radius 1 is 1.18 bits per heavy atom. The van der Waals surface area contributed by atoms with Crippen molar-refractivity contribution in [3.63, 3.8) is 0 Å². The average molecular weight is 547 g/mol. The molecule has 1 saturated heterocycles. The van der Waals surface area contributed by atoms with Gasteiger partial charge in [0.15, 0.2) is 0 Å². The van der Waals surface area contributed by atoms with Crippen LogP contribution < -0.4 is 10.1 Å². The summed E-state index contributed by atoms with van der Waals surface area (Å²) in [6.45, 7) is 7.11. The van der Waals surface area contributed by atoms with Gasteiger partial charge >= 0.3 is 0 Å². The summed E-state index contributed by atoms with van der Waals surface area (Å²) in [5.74, 6) is -0.141. The Bertz CT molecular complexity index is 1380. The van der Waals surface area contributed by atoms with Crippen LogP contribution in [0.15, 0.2) is 48.0 Å². The van der Waals surface area contributed by atoms with Crippen molar-refractivity contribution in [2.24, 2.45) is 5.92 Å². The summed E-state index contributed by atoms with van der Waals surface area (Å²) in [6, 6.07) is 12.4. The van der Waals surface area contributed by atoms with Crippen molar-refractivity contribution in [3.05, 3.63) is 70.4 Å². The van der Waals surface area contributed by atoms with Crippen molar-refractivity contribution in [1.82, 2.24) is 20.1 Å². The summed E-state index contributed by atoms with van der Waals surface area (Å²) in [5, 5.41) is 3.03. The molecule has 5 rings (SSSR count). The van der Waals surface area contributed by atoms with E-state index in [1.54, 1.807) is 34.3 Å². The summed E-state index contributed by atoms with van der Waals surface area (Å²) in [4.78, 5) is 49.4. The van der Waals surface area contributed by atoms with Gasteiger partial charge in [-0.15, -0.1) is 11.3 Å². The fraction of sp³-hybridized carbons (Fsp3) is 0.400. The Morgan fingerprint density at radius 2 is 1.95 bits per heavy atom. The van der Waals surface area contributed by atoms with Crippen LogP contribution >= 0.6 is 11.3 Å². The number of nitrogens with zero attached hydrogens (tertiary/aromatic N) is 3. The number of hydrogen-bond acceptors (Lipinski definition) is 6. The molecule has 0 bridgehead atoms. The predicted molar refractivity (Wildman–Crippen MR) is 150 cm³/mol. The van der Waals surface area contributed by atoms with E-state index in [-0.39, 0.29) is 23.6 Å². The van der Waals surface area contributed by atoms with Crippen molar-refractivity contribution in [3.8, 4) is 16.2 Å². The first kappa shape index (κ1) is 26.9. The molecular weight excluding hydrogens is 512 g/mol. The molecule has 2 aromatic carbocycles. The number of likely N-dealkylation sites (tertiary alicyclic amines) is 1. The van der Waals surface area contributed by atoms with E-state index in [2.05, 4.69) is 10.3 Å². The van der Waals surface area contributed by atoms with E-state index >= 15 is 0 Å². The number of aryl methyl sites for hydroxylation is 1. The maximum absolute atomic E-state index is 13.9. The monoisotopic (exact) mass is 546 g/mol. The van der Waals surface area contributed by atoms with Gasteiger partial charge in [-0.2, -0.15) is 0 Å². The van der Waals surface area contributed by atoms with E-state index in [4.69, 9.17) is 4.74 Å². The zero-order valence-corrected chi connectivity index (χ0v) is 23.6. The highest BCUT2D eigenvalue weighted by molar-refractivity contribution is 7.13. The van der Waals surface area contributed by atoms with Crippen molar-refractivity contribution in [2.45, 2.75) is 58.8 Å². The van der Waals surface area contributed by atoms with Gasteiger partial charge in [-0.1, -0.05) is 50.2 Å². The van der Waals surface area contributed by atoms with E-state index in [9.17, 15) is 14.4 Å². The molecule has 3 aromatic rings. The van der Waals surface area contributed by atoms with Crippen LogP contribution in [0.5, 0.6) is 5.75 Å². The standard InChI is InChI=1S/C30H34N4O4S/c1-18(2)26(34-16-22-7-5-9-24(38-4)25(22)29(34)36)30(37)33-14-6-8-23(33)28(35)31-15-20-10-12-21(13-11-20)27-19(3)32-17-39-27/h5,7,9-13,17-18,23,26H,6,8,14-16H2,1-4H3,(H,31,35)/t23-,26?/m0/s1.